The topological polar surface area (TPSA) is 266 Å². The van der Waals surface area contributed by atoms with E-state index >= 15 is 0 Å². The molecule has 1 saturated heterocycles. The number of cyclic esters (lactones) is 1. The van der Waals surface area contributed by atoms with Crippen molar-refractivity contribution < 1.29 is 86.1 Å². The predicted octanol–water partition coefficient (Wildman–Crippen LogP) is 2.36. The lowest BCUT2D eigenvalue weighted by atomic mass is 9.45. The number of esters is 8. The van der Waals surface area contributed by atoms with Crippen LogP contribution < -0.4 is 0 Å². The average molecular weight is 897 g/mol. The van der Waals surface area contributed by atoms with Gasteiger partial charge in [0.25, 0.3) is 0 Å². The molecule has 4 heterocycles. The number of aliphatic hydroxyl groups is 1. The van der Waals surface area contributed by atoms with E-state index in [0.717, 1.165) is 34.6 Å². The molecule has 1 spiro atoms. The molecule has 64 heavy (non-hydrogen) atoms. The summed E-state index contributed by atoms with van der Waals surface area (Å²) in [4.78, 5) is 119. The summed E-state index contributed by atoms with van der Waals surface area (Å²) >= 11 is 0. The van der Waals surface area contributed by atoms with Gasteiger partial charge in [0.05, 0.1) is 34.6 Å². The van der Waals surface area contributed by atoms with Crippen LogP contribution in [0.15, 0.2) is 42.9 Å². The van der Waals surface area contributed by atoms with Crippen molar-refractivity contribution in [3.63, 3.8) is 0 Å². The van der Waals surface area contributed by atoms with Crippen molar-refractivity contribution in [2.24, 2.45) is 23.2 Å². The highest BCUT2D eigenvalue weighted by molar-refractivity contribution is 5.91. The average Bonchev–Trinajstić information content (AvgIpc) is 3.44. The maximum absolute atomic E-state index is 14.6. The van der Waals surface area contributed by atoms with Crippen LogP contribution in [-0.2, 0) is 71.4 Å². The molecule has 3 fully saturated rings. The molecular formula is C44H52N2O18. The van der Waals surface area contributed by atoms with Crippen LogP contribution in [-0.4, -0.2) is 129 Å². The second-order valence-electron chi connectivity index (χ2n) is 17.3. The summed E-state index contributed by atoms with van der Waals surface area (Å²) in [6.45, 7) is 10.6. The number of carbonyl (C=O) groups excluding carboxylic acids is 8. The number of fused-ring (bicyclic) bond motifs is 5. The van der Waals surface area contributed by atoms with Gasteiger partial charge in [-0.25, -0.2) is 9.59 Å². The van der Waals surface area contributed by atoms with E-state index in [-0.39, 0.29) is 16.8 Å². The van der Waals surface area contributed by atoms with E-state index < -0.39 is 143 Å². The van der Waals surface area contributed by atoms with Crippen LogP contribution in [0.1, 0.15) is 102 Å². The lowest BCUT2D eigenvalue weighted by Crippen LogP contribution is -2.89. The van der Waals surface area contributed by atoms with Gasteiger partial charge in [-0.3, -0.25) is 38.7 Å². The molecule has 2 aliphatic carbocycles. The number of hydrogen-bond acceptors (Lipinski definition) is 20. The number of aromatic nitrogens is 2. The summed E-state index contributed by atoms with van der Waals surface area (Å²) in [5, 5.41) is 13.7. The zero-order chi connectivity index (χ0) is 47.3. The van der Waals surface area contributed by atoms with E-state index in [1.807, 2.05) is 0 Å². The monoisotopic (exact) mass is 896 g/mol. The van der Waals surface area contributed by atoms with Crippen molar-refractivity contribution in [1.82, 2.24) is 9.97 Å². The first kappa shape index (κ1) is 47.5. The van der Waals surface area contributed by atoms with Gasteiger partial charge in [-0.1, -0.05) is 27.7 Å². The van der Waals surface area contributed by atoms with Crippen molar-refractivity contribution in [2.75, 3.05) is 13.2 Å². The first-order valence-electron chi connectivity index (χ1n) is 20.7. The largest absolute Gasteiger partial charge is 0.465 e. The number of pyridine rings is 2. The zero-order valence-electron chi connectivity index (χ0n) is 37.0. The fourth-order valence-electron chi connectivity index (χ4n) is 9.81. The van der Waals surface area contributed by atoms with Crippen LogP contribution in [0.2, 0.25) is 0 Å². The van der Waals surface area contributed by atoms with Crippen molar-refractivity contribution in [2.45, 2.75) is 129 Å². The molecule has 0 aromatic carbocycles. The maximum atomic E-state index is 14.6. The fourth-order valence-corrected chi connectivity index (χ4v) is 9.81. The summed E-state index contributed by atoms with van der Waals surface area (Å²) < 4.78 is 55.9. The van der Waals surface area contributed by atoms with Crippen molar-refractivity contribution in [1.29, 1.82) is 0 Å². The van der Waals surface area contributed by atoms with E-state index in [2.05, 4.69) is 9.97 Å². The summed E-state index contributed by atoms with van der Waals surface area (Å²) in [6, 6.07) is 5.69. The second kappa shape index (κ2) is 17.5. The van der Waals surface area contributed by atoms with Crippen LogP contribution in [0.3, 0.4) is 0 Å². The molecule has 2 saturated carbocycles. The molecule has 2 aliphatic heterocycles. The Morgan fingerprint density at radius 3 is 2.00 bits per heavy atom. The summed E-state index contributed by atoms with van der Waals surface area (Å²) in [5.74, 6) is -12.8. The Morgan fingerprint density at radius 1 is 0.812 bits per heavy atom. The quantitative estimate of drug-likeness (QED) is 0.280. The Hall–Kier alpha value is -6.02. The molecule has 0 unspecified atom stereocenters. The van der Waals surface area contributed by atoms with Crippen molar-refractivity contribution >= 4 is 47.8 Å². The Labute approximate surface area is 367 Å². The maximum Gasteiger partial charge on any atom is 0.340 e. The molecule has 4 bridgehead atoms. The lowest BCUT2D eigenvalue weighted by Gasteiger charge is -2.67. The molecule has 6 rings (SSSR count). The predicted molar refractivity (Wildman–Crippen MR) is 212 cm³/mol. The molecule has 2 aromatic heterocycles. The highest BCUT2D eigenvalue weighted by Crippen LogP contribution is 2.70. The molecular weight excluding hydrogens is 844 g/mol. The summed E-state index contributed by atoms with van der Waals surface area (Å²) in [6.07, 6.45) is -8.40. The third-order valence-electron chi connectivity index (χ3n) is 12.7. The highest BCUT2D eigenvalue weighted by Gasteiger charge is 2.92. The third kappa shape index (κ3) is 7.83. The highest BCUT2D eigenvalue weighted by atomic mass is 16.7. The Morgan fingerprint density at radius 2 is 1.42 bits per heavy atom. The van der Waals surface area contributed by atoms with Gasteiger partial charge in [-0.05, 0) is 38.1 Å². The van der Waals surface area contributed by atoms with Gasteiger partial charge in [-0.2, -0.15) is 0 Å². The molecule has 0 amide bonds. The van der Waals surface area contributed by atoms with E-state index in [4.69, 9.17) is 42.6 Å². The first-order valence-corrected chi connectivity index (χ1v) is 20.7. The van der Waals surface area contributed by atoms with Gasteiger partial charge in [-0.15, -0.1) is 0 Å². The van der Waals surface area contributed by atoms with Crippen LogP contribution in [0.4, 0.5) is 0 Å². The Kier molecular flexibility index (Phi) is 13.0. The standard InChI is InChI=1S/C44H52N2O18/c1-20(2)37(51)62-32-34-42(10,55)44-33(58-24(6)48)29(41(9,64-44)18-57-40(54)28-14-12-16-46-30(28)21(3)22(4)38(52)63-34)31(61-39(53)27-13-11-15-45-17-27)35(59-25(7)49)43(44,19-56-23(5)47)36(32)60-26(8)50/h11-17,20-22,29,31-36,55H,18-19H2,1-10H3/t21-,22+,29-,31-,32+,33-,34+,35-,36+,41+,42+,43-,44+/m1/s1. The van der Waals surface area contributed by atoms with Crippen LogP contribution in [0.25, 0.3) is 0 Å². The smallest absolute Gasteiger partial charge is 0.340 e. The number of hydrogen-bond donors (Lipinski definition) is 1. The van der Waals surface area contributed by atoms with E-state index in [1.54, 1.807) is 6.92 Å². The van der Waals surface area contributed by atoms with Crippen molar-refractivity contribution in [3.8, 4) is 0 Å². The molecule has 2 aromatic rings. The SMILES string of the molecule is CC(=O)OC[C@]12[C@H](OC(C)=O)[C@H](OC(=O)c3cccnc3)[C@@H]3[C@@H](OC(C)=O)[C@@]14O[C@@]3(C)COC(=O)c1cccnc1[C@H](C)[C@H](C)C(=O)O[C@@H]([C@H](OC(=O)C(C)C)[C@@H]2OC(C)=O)[C@]4(C)O. The van der Waals surface area contributed by atoms with E-state index in [1.165, 1.54) is 70.6 Å². The number of carbonyl (C=O) groups is 8. The van der Waals surface area contributed by atoms with Crippen LogP contribution in [0.5, 0.6) is 0 Å². The van der Waals surface area contributed by atoms with Gasteiger partial charge < -0.3 is 47.7 Å². The van der Waals surface area contributed by atoms with E-state index in [9.17, 15) is 43.5 Å². The molecule has 4 aliphatic rings. The first-order chi connectivity index (χ1) is 29.9. The second-order valence-corrected chi connectivity index (χ2v) is 17.3. The van der Waals surface area contributed by atoms with Gasteiger partial charge in [0.1, 0.15) is 42.0 Å². The van der Waals surface area contributed by atoms with E-state index in [0.29, 0.717) is 0 Å². The minimum atomic E-state index is -2.87. The Bertz CT molecular complexity index is 2210. The lowest BCUT2D eigenvalue weighted by molar-refractivity contribution is -0.386. The Balaban J connectivity index is 1.81. The van der Waals surface area contributed by atoms with Gasteiger partial charge >= 0.3 is 47.8 Å². The fraction of sp³-hybridized carbons (Fsp3) is 0.591. The molecule has 1 N–H and O–H groups in total. The molecule has 20 heteroatoms. The third-order valence-corrected chi connectivity index (χ3v) is 12.7. The minimum absolute atomic E-state index is 0.0571. The van der Waals surface area contributed by atoms with Gasteiger partial charge in [0.15, 0.2) is 30.0 Å². The molecule has 346 valence electrons. The molecule has 13 atom stereocenters. The molecule has 20 nitrogen and oxygen atoms in total. The van der Waals surface area contributed by atoms with Crippen LogP contribution in [0, 0.1) is 23.2 Å². The van der Waals surface area contributed by atoms with Gasteiger partial charge in [0, 0.05) is 52.2 Å². The van der Waals surface area contributed by atoms with Crippen LogP contribution >= 0.6 is 0 Å². The summed E-state index contributed by atoms with van der Waals surface area (Å²) in [7, 11) is 0. The van der Waals surface area contributed by atoms with Gasteiger partial charge in [0.2, 0.25) is 0 Å². The molecule has 0 radical (unpaired) electrons. The zero-order valence-corrected chi connectivity index (χ0v) is 37.0. The number of rotatable bonds is 9. The minimum Gasteiger partial charge on any atom is -0.465 e. The summed E-state index contributed by atoms with van der Waals surface area (Å²) in [5.41, 5.74) is -10.5. The normalized spacial score (nSPS) is 35.3. The number of ether oxygens (including phenoxy) is 9. The van der Waals surface area contributed by atoms with Crippen molar-refractivity contribution in [3.05, 3.63) is 59.7 Å². The number of nitrogens with zero attached hydrogens (tertiary/aromatic N) is 2.